The molecule has 0 atom stereocenters. The molecule has 1 saturated carbocycles. The second kappa shape index (κ2) is 7.49. The molecular weight excluding hydrogens is 332 g/mol. The summed E-state index contributed by atoms with van der Waals surface area (Å²) in [5.41, 5.74) is 3.18. The van der Waals surface area contributed by atoms with Gasteiger partial charge < -0.3 is 10.2 Å². The zero-order valence-electron chi connectivity index (χ0n) is 14.9. The molecule has 3 rings (SSSR count). The van der Waals surface area contributed by atoms with Crippen molar-refractivity contribution in [3.8, 4) is 0 Å². The highest BCUT2D eigenvalue weighted by Crippen LogP contribution is 2.48. The van der Waals surface area contributed by atoms with E-state index in [4.69, 9.17) is 11.6 Å². The first-order valence-electron chi connectivity index (χ1n) is 8.91. The lowest BCUT2D eigenvalue weighted by atomic mass is 9.95. The lowest BCUT2D eigenvalue weighted by molar-refractivity contribution is -0.123. The third kappa shape index (κ3) is 3.98. The van der Waals surface area contributed by atoms with Crippen LogP contribution in [-0.2, 0) is 10.2 Å². The van der Waals surface area contributed by atoms with Gasteiger partial charge in [-0.15, -0.1) is 0 Å². The number of likely N-dealkylation sites (N-methyl/N-ethyl adjacent to an activating group) is 1. The average Bonchev–Trinajstić information content (AvgIpc) is 3.41. The van der Waals surface area contributed by atoms with Crippen LogP contribution in [0.2, 0.25) is 5.02 Å². The number of hydrogen-bond acceptors (Lipinski definition) is 2. The molecule has 0 heterocycles. The zero-order chi connectivity index (χ0) is 17.9. The Morgan fingerprint density at radius 1 is 1.20 bits per heavy atom. The van der Waals surface area contributed by atoms with Gasteiger partial charge in [-0.1, -0.05) is 35.9 Å². The number of rotatable bonds is 7. The van der Waals surface area contributed by atoms with Crippen LogP contribution in [0, 0.1) is 6.92 Å². The lowest BCUT2D eigenvalue weighted by Crippen LogP contribution is -2.40. The minimum absolute atomic E-state index is 0.134. The van der Waals surface area contributed by atoms with Crippen LogP contribution in [0.3, 0.4) is 0 Å². The Balaban J connectivity index is 1.58. The minimum atomic E-state index is -0.342. The Kier molecular flexibility index (Phi) is 5.33. The van der Waals surface area contributed by atoms with E-state index in [0.717, 1.165) is 31.5 Å². The summed E-state index contributed by atoms with van der Waals surface area (Å²) in [6.45, 7) is 6.61. The number of amides is 1. The number of carbonyl (C=O) groups excluding carboxylic acids is 1. The largest absolute Gasteiger partial charge is 0.370 e. The molecule has 0 aliphatic heterocycles. The number of nitrogens with one attached hydrogen (secondary N) is 1. The van der Waals surface area contributed by atoms with Gasteiger partial charge >= 0.3 is 0 Å². The molecule has 1 amide bonds. The molecule has 25 heavy (non-hydrogen) atoms. The first-order valence-corrected chi connectivity index (χ1v) is 9.29. The van der Waals surface area contributed by atoms with E-state index in [0.29, 0.717) is 11.6 Å². The van der Waals surface area contributed by atoms with Gasteiger partial charge in [-0.25, -0.2) is 0 Å². The number of anilines is 1. The van der Waals surface area contributed by atoms with E-state index in [1.165, 1.54) is 11.3 Å². The fourth-order valence-electron chi connectivity index (χ4n) is 3.31. The smallest absolute Gasteiger partial charge is 0.230 e. The van der Waals surface area contributed by atoms with Crippen LogP contribution < -0.4 is 10.2 Å². The summed E-state index contributed by atoms with van der Waals surface area (Å²) < 4.78 is 0. The number of hydrogen-bond donors (Lipinski definition) is 1. The number of carbonyl (C=O) groups is 1. The Bertz CT molecular complexity index is 738. The molecule has 1 aliphatic carbocycles. The molecule has 0 bridgehead atoms. The Morgan fingerprint density at radius 2 is 1.92 bits per heavy atom. The molecular formula is C21H25ClN2O. The van der Waals surface area contributed by atoms with Crippen molar-refractivity contribution in [2.45, 2.75) is 32.1 Å². The molecule has 0 unspecified atom stereocenters. The molecule has 4 heteroatoms. The topological polar surface area (TPSA) is 32.3 Å². The van der Waals surface area contributed by atoms with Gasteiger partial charge in [0, 0.05) is 30.3 Å². The molecule has 2 aromatic rings. The van der Waals surface area contributed by atoms with Gasteiger partial charge in [0.15, 0.2) is 0 Å². The summed E-state index contributed by atoms with van der Waals surface area (Å²) >= 11 is 5.96. The first kappa shape index (κ1) is 17.8. The van der Waals surface area contributed by atoms with Gasteiger partial charge in [0.1, 0.15) is 0 Å². The van der Waals surface area contributed by atoms with E-state index in [2.05, 4.69) is 48.3 Å². The lowest BCUT2D eigenvalue weighted by Gasteiger charge is -2.24. The molecule has 2 aromatic carbocycles. The Morgan fingerprint density at radius 3 is 2.52 bits per heavy atom. The van der Waals surface area contributed by atoms with Gasteiger partial charge in [-0.3, -0.25) is 4.79 Å². The van der Waals surface area contributed by atoms with Crippen molar-refractivity contribution in [3.63, 3.8) is 0 Å². The summed E-state index contributed by atoms with van der Waals surface area (Å²) in [6, 6.07) is 16.1. The van der Waals surface area contributed by atoms with Crippen LogP contribution in [-0.4, -0.2) is 25.5 Å². The summed E-state index contributed by atoms with van der Waals surface area (Å²) in [6.07, 6.45) is 1.83. The molecule has 3 nitrogen and oxygen atoms in total. The summed E-state index contributed by atoms with van der Waals surface area (Å²) in [4.78, 5) is 15.0. The van der Waals surface area contributed by atoms with Crippen LogP contribution in [0.1, 0.15) is 30.9 Å². The average molecular weight is 357 g/mol. The van der Waals surface area contributed by atoms with Crippen LogP contribution in [0.5, 0.6) is 0 Å². The van der Waals surface area contributed by atoms with Crippen molar-refractivity contribution in [2.24, 2.45) is 0 Å². The van der Waals surface area contributed by atoms with E-state index in [-0.39, 0.29) is 11.3 Å². The third-order valence-corrected chi connectivity index (χ3v) is 5.25. The fourth-order valence-corrected chi connectivity index (χ4v) is 3.43. The predicted molar refractivity (Wildman–Crippen MR) is 104 cm³/mol. The normalized spacial score (nSPS) is 14.8. The molecule has 1 N–H and O–H groups in total. The van der Waals surface area contributed by atoms with Crippen LogP contribution >= 0.6 is 11.6 Å². The second-order valence-electron chi connectivity index (χ2n) is 6.76. The zero-order valence-corrected chi connectivity index (χ0v) is 15.6. The molecule has 0 saturated heterocycles. The Labute approximate surface area is 155 Å². The van der Waals surface area contributed by atoms with E-state index in [9.17, 15) is 4.79 Å². The van der Waals surface area contributed by atoms with Crippen molar-refractivity contribution < 1.29 is 4.79 Å². The number of nitrogens with zero attached hydrogens (tertiary/aromatic N) is 1. The van der Waals surface area contributed by atoms with Crippen molar-refractivity contribution in [3.05, 3.63) is 64.7 Å². The van der Waals surface area contributed by atoms with Crippen molar-refractivity contribution in [1.29, 1.82) is 0 Å². The van der Waals surface area contributed by atoms with Crippen LogP contribution in [0.4, 0.5) is 5.69 Å². The Hall–Kier alpha value is -2.00. The summed E-state index contributed by atoms with van der Waals surface area (Å²) in [7, 11) is 0. The highest BCUT2D eigenvalue weighted by atomic mass is 35.5. The molecule has 0 aromatic heterocycles. The van der Waals surface area contributed by atoms with Gasteiger partial charge in [-0.2, -0.15) is 0 Å². The maximum atomic E-state index is 12.7. The highest BCUT2D eigenvalue weighted by Gasteiger charge is 2.50. The molecule has 1 aliphatic rings. The maximum absolute atomic E-state index is 12.7. The minimum Gasteiger partial charge on any atom is -0.370 e. The van der Waals surface area contributed by atoms with Gasteiger partial charge in [0.05, 0.1) is 5.41 Å². The first-order chi connectivity index (χ1) is 12.0. The van der Waals surface area contributed by atoms with Crippen LogP contribution in [0.15, 0.2) is 48.5 Å². The summed E-state index contributed by atoms with van der Waals surface area (Å²) in [5.74, 6) is 0.134. The summed E-state index contributed by atoms with van der Waals surface area (Å²) in [5, 5.41) is 3.84. The monoisotopic (exact) mass is 356 g/mol. The number of aryl methyl sites for hydroxylation is 1. The van der Waals surface area contributed by atoms with Crippen molar-refractivity contribution in [1.82, 2.24) is 5.32 Å². The van der Waals surface area contributed by atoms with E-state index in [1.807, 2.05) is 24.3 Å². The highest BCUT2D eigenvalue weighted by molar-refractivity contribution is 6.30. The standard InChI is InChI=1S/C21H25ClN2O/c1-3-24(19-6-4-5-16(2)15-19)14-13-23-20(25)21(11-12-21)17-7-9-18(22)10-8-17/h4-10,15H,3,11-14H2,1-2H3,(H,23,25). The fraction of sp³-hybridized carbons (Fsp3) is 0.381. The molecule has 132 valence electrons. The second-order valence-corrected chi connectivity index (χ2v) is 7.20. The van der Waals surface area contributed by atoms with Gasteiger partial charge in [0.25, 0.3) is 0 Å². The van der Waals surface area contributed by atoms with E-state index >= 15 is 0 Å². The third-order valence-electron chi connectivity index (χ3n) is 5.00. The quantitative estimate of drug-likeness (QED) is 0.801. The van der Waals surface area contributed by atoms with Crippen LogP contribution in [0.25, 0.3) is 0 Å². The maximum Gasteiger partial charge on any atom is 0.230 e. The molecule has 0 spiro atoms. The van der Waals surface area contributed by atoms with Gasteiger partial charge in [0.2, 0.25) is 5.91 Å². The molecule has 1 fully saturated rings. The molecule has 0 radical (unpaired) electrons. The number of benzene rings is 2. The van der Waals surface area contributed by atoms with Crippen molar-refractivity contribution >= 4 is 23.2 Å². The van der Waals surface area contributed by atoms with Gasteiger partial charge in [-0.05, 0) is 62.1 Å². The predicted octanol–water partition coefficient (Wildman–Crippen LogP) is 4.32. The number of halogens is 1. The van der Waals surface area contributed by atoms with E-state index in [1.54, 1.807) is 0 Å². The SMILES string of the molecule is CCN(CCNC(=O)C1(c2ccc(Cl)cc2)CC1)c1cccc(C)c1. The van der Waals surface area contributed by atoms with Crippen molar-refractivity contribution in [2.75, 3.05) is 24.5 Å². The van der Waals surface area contributed by atoms with E-state index < -0.39 is 0 Å².